The van der Waals surface area contributed by atoms with Gasteiger partial charge in [0.2, 0.25) is 5.91 Å². The topological polar surface area (TPSA) is 58.4 Å². The molecule has 1 heterocycles. The van der Waals surface area contributed by atoms with Gasteiger partial charge in [0, 0.05) is 19.6 Å². The molecule has 110 valence electrons. The van der Waals surface area contributed by atoms with Crippen LogP contribution in [-0.2, 0) is 4.79 Å². The van der Waals surface area contributed by atoms with Crippen LogP contribution >= 0.6 is 0 Å². The molecular weight excluding hydrogens is 238 g/mol. The van der Waals surface area contributed by atoms with E-state index in [2.05, 4.69) is 31.0 Å². The molecule has 1 aliphatic heterocycles. The molecule has 3 N–H and O–H groups in total. The Bertz CT molecular complexity index is 334. The Hall–Kier alpha value is -0.610. The van der Waals surface area contributed by atoms with E-state index in [0.717, 1.165) is 45.4 Å². The van der Waals surface area contributed by atoms with Crippen LogP contribution in [0.4, 0.5) is 0 Å². The van der Waals surface area contributed by atoms with Gasteiger partial charge in [-0.15, -0.1) is 0 Å². The van der Waals surface area contributed by atoms with Crippen LogP contribution in [0.5, 0.6) is 0 Å². The lowest BCUT2D eigenvalue weighted by Crippen LogP contribution is -2.62. The molecule has 0 aromatic rings. The van der Waals surface area contributed by atoms with E-state index in [1.807, 2.05) is 0 Å². The minimum atomic E-state index is -0.423. The van der Waals surface area contributed by atoms with Crippen molar-refractivity contribution in [2.45, 2.75) is 52.0 Å². The molecule has 0 bridgehead atoms. The minimum absolute atomic E-state index is 0.117. The number of carbonyl (C=O) groups excluding carboxylic acids is 1. The fraction of sp³-hybridized carbons (Fsp3) is 0.933. The second-order valence-corrected chi connectivity index (χ2v) is 7.34. The number of nitrogens with one attached hydrogen (secondary N) is 1. The molecule has 2 unspecified atom stereocenters. The third-order valence-corrected chi connectivity index (χ3v) is 4.76. The van der Waals surface area contributed by atoms with Crippen molar-refractivity contribution in [1.29, 1.82) is 0 Å². The van der Waals surface area contributed by atoms with Gasteiger partial charge < -0.3 is 11.1 Å². The number of amides is 1. The van der Waals surface area contributed by atoms with Crippen LogP contribution in [0.15, 0.2) is 0 Å². The number of nitrogens with zero attached hydrogens (tertiary/aromatic N) is 1. The van der Waals surface area contributed by atoms with Gasteiger partial charge in [0.15, 0.2) is 0 Å². The van der Waals surface area contributed by atoms with Gasteiger partial charge in [0.05, 0.1) is 0 Å². The normalized spacial score (nSPS) is 36.7. The fourth-order valence-electron chi connectivity index (χ4n) is 4.39. The Balaban J connectivity index is 2.28. The SMILES string of the molecule is CC1CC(C)(C)CC(C(N)=O)(N2CCCNCC2)C1. The van der Waals surface area contributed by atoms with Gasteiger partial charge in [0.25, 0.3) is 0 Å². The average molecular weight is 267 g/mol. The highest BCUT2D eigenvalue weighted by atomic mass is 16.1. The molecule has 2 rings (SSSR count). The first-order valence-electron chi connectivity index (χ1n) is 7.61. The van der Waals surface area contributed by atoms with Crippen molar-refractivity contribution in [1.82, 2.24) is 10.2 Å². The summed E-state index contributed by atoms with van der Waals surface area (Å²) in [6.07, 6.45) is 4.11. The molecule has 0 radical (unpaired) electrons. The molecule has 0 aromatic carbocycles. The van der Waals surface area contributed by atoms with E-state index in [-0.39, 0.29) is 11.3 Å². The average Bonchev–Trinajstić information content (AvgIpc) is 2.54. The Morgan fingerprint density at radius 2 is 2.00 bits per heavy atom. The Morgan fingerprint density at radius 1 is 1.26 bits per heavy atom. The lowest BCUT2D eigenvalue weighted by molar-refractivity contribution is -0.137. The summed E-state index contributed by atoms with van der Waals surface area (Å²) in [7, 11) is 0. The predicted octanol–water partition coefficient (Wildman–Crippen LogP) is 1.35. The third kappa shape index (κ3) is 3.11. The molecular formula is C15H29N3O. The maximum absolute atomic E-state index is 12.3. The second kappa shape index (κ2) is 5.41. The van der Waals surface area contributed by atoms with Crippen LogP contribution in [0.2, 0.25) is 0 Å². The number of rotatable bonds is 2. The van der Waals surface area contributed by atoms with Crippen LogP contribution in [0.25, 0.3) is 0 Å². The monoisotopic (exact) mass is 267 g/mol. The summed E-state index contributed by atoms with van der Waals surface area (Å²) in [4.78, 5) is 14.6. The number of carbonyl (C=O) groups is 1. The van der Waals surface area contributed by atoms with E-state index in [4.69, 9.17) is 5.73 Å². The zero-order valence-electron chi connectivity index (χ0n) is 12.7. The molecule has 0 spiro atoms. The van der Waals surface area contributed by atoms with E-state index in [1.165, 1.54) is 6.42 Å². The molecule has 1 saturated heterocycles. The first kappa shape index (κ1) is 14.8. The van der Waals surface area contributed by atoms with E-state index in [1.54, 1.807) is 0 Å². The van der Waals surface area contributed by atoms with Crippen molar-refractivity contribution in [3.05, 3.63) is 0 Å². The molecule has 0 aromatic heterocycles. The standard InChI is InChI=1S/C15H29N3O/c1-12-9-14(2,3)11-15(10-12,13(16)19)18-7-4-5-17-6-8-18/h12,17H,4-11H2,1-3H3,(H2,16,19). The molecule has 4 heteroatoms. The van der Waals surface area contributed by atoms with Crippen molar-refractivity contribution in [3.63, 3.8) is 0 Å². The lowest BCUT2D eigenvalue weighted by Gasteiger charge is -2.51. The van der Waals surface area contributed by atoms with E-state index in [0.29, 0.717) is 5.92 Å². The summed E-state index contributed by atoms with van der Waals surface area (Å²) in [5, 5.41) is 3.41. The Kier molecular flexibility index (Phi) is 4.21. The van der Waals surface area contributed by atoms with E-state index in [9.17, 15) is 4.79 Å². The predicted molar refractivity (Wildman–Crippen MR) is 77.8 cm³/mol. The summed E-state index contributed by atoms with van der Waals surface area (Å²) < 4.78 is 0. The van der Waals surface area contributed by atoms with Crippen LogP contribution in [0.3, 0.4) is 0 Å². The van der Waals surface area contributed by atoms with Gasteiger partial charge in [-0.25, -0.2) is 0 Å². The van der Waals surface area contributed by atoms with Crippen LogP contribution in [0, 0.1) is 11.3 Å². The zero-order chi connectivity index (χ0) is 14.1. The number of hydrogen-bond acceptors (Lipinski definition) is 3. The fourth-order valence-corrected chi connectivity index (χ4v) is 4.39. The van der Waals surface area contributed by atoms with Crippen LogP contribution in [0.1, 0.15) is 46.5 Å². The number of primary amides is 1. The van der Waals surface area contributed by atoms with Crippen molar-refractivity contribution in [3.8, 4) is 0 Å². The largest absolute Gasteiger partial charge is 0.368 e. The molecule has 4 nitrogen and oxygen atoms in total. The zero-order valence-corrected chi connectivity index (χ0v) is 12.7. The van der Waals surface area contributed by atoms with Gasteiger partial charge in [-0.2, -0.15) is 0 Å². The highest BCUT2D eigenvalue weighted by Gasteiger charge is 2.50. The van der Waals surface area contributed by atoms with Gasteiger partial charge in [0.1, 0.15) is 5.54 Å². The summed E-state index contributed by atoms with van der Waals surface area (Å²) in [5.74, 6) is 0.446. The summed E-state index contributed by atoms with van der Waals surface area (Å²) in [5.41, 5.74) is 5.64. The summed E-state index contributed by atoms with van der Waals surface area (Å²) in [6, 6.07) is 0. The minimum Gasteiger partial charge on any atom is -0.368 e. The molecule has 2 aliphatic rings. The van der Waals surface area contributed by atoms with Gasteiger partial charge in [-0.3, -0.25) is 9.69 Å². The van der Waals surface area contributed by atoms with Crippen molar-refractivity contribution in [2.24, 2.45) is 17.1 Å². The smallest absolute Gasteiger partial charge is 0.237 e. The Morgan fingerprint density at radius 3 is 2.63 bits per heavy atom. The number of hydrogen-bond donors (Lipinski definition) is 2. The third-order valence-electron chi connectivity index (χ3n) is 4.76. The summed E-state index contributed by atoms with van der Waals surface area (Å²) in [6.45, 7) is 10.7. The molecule has 1 saturated carbocycles. The molecule has 1 aliphatic carbocycles. The van der Waals surface area contributed by atoms with Crippen LogP contribution < -0.4 is 11.1 Å². The van der Waals surface area contributed by atoms with Crippen molar-refractivity contribution >= 4 is 5.91 Å². The molecule has 1 amide bonds. The highest BCUT2D eigenvalue weighted by molar-refractivity contribution is 5.85. The van der Waals surface area contributed by atoms with Gasteiger partial charge >= 0.3 is 0 Å². The first-order chi connectivity index (χ1) is 8.86. The molecule has 19 heavy (non-hydrogen) atoms. The second-order valence-electron chi connectivity index (χ2n) is 7.34. The molecule has 2 fully saturated rings. The first-order valence-corrected chi connectivity index (χ1v) is 7.61. The molecule has 2 atom stereocenters. The highest BCUT2D eigenvalue weighted by Crippen LogP contribution is 2.46. The van der Waals surface area contributed by atoms with Gasteiger partial charge in [-0.1, -0.05) is 20.8 Å². The van der Waals surface area contributed by atoms with Gasteiger partial charge in [-0.05, 0) is 43.6 Å². The maximum atomic E-state index is 12.3. The maximum Gasteiger partial charge on any atom is 0.237 e. The van der Waals surface area contributed by atoms with Crippen molar-refractivity contribution < 1.29 is 4.79 Å². The quantitative estimate of drug-likeness (QED) is 0.794. The number of nitrogens with two attached hydrogens (primary N) is 1. The van der Waals surface area contributed by atoms with Crippen LogP contribution in [-0.4, -0.2) is 42.5 Å². The van der Waals surface area contributed by atoms with Crippen molar-refractivity contribution in [2.75, 3.05) is 26.2 Å². The van der Waals surface area contributed by atoms with E-state index < -0.39 is 5.54 Å². The Labute approximate surface area is 117 Å². The van der Waals surface area contributed by atoms with E-state index >= 15 is 0 Å². The summed E-state index contributed by atoms with van der Waals surface area (Å²) >= 11 is 0. The lowest BCUT2D eigenvalue weighted by atomic mass is 9.63.